The Hall–Kier alpha value is -2.54. The number of aryl methyl sites for hydroxylation is 2. The van der Waals surface area contributed by atoms with E-state index in [-0.39, 0.29) is 24.2 Å². The van der Waals surface area contributed by atoms with Crippen molar-refractivity contribution in [2.45, 2.75) is 19.9 Å². The Morgan fingerprint density at radius 1 is 1.13 bits per heavy atom. The summed E-state index contributed by atoms with van der Waals surface area (Å²) < 4.78 is 24.7. The zero-order chi connectivity index (χ0) is 21.1. The zero-order valence-corrected chi connectivity index (χ0v) is 17.4. The minimum atomic E-state index is -0.338. The summed E-state index contributed by atoms with van der Waals surface area (Å²) in [6, 6.07) is 13.0. The van der Waals surface area contributed by atoms with Gasteiger partial charge in [-0.3, -0.25) is 9.69 Å². The van der Waals surface area contributed by atoms with Crippen molar-refractivity contribution in [3.8, 4) is 0 Å². The molecule has 3 aromatic rings. The molecule has 0 aliphatic carbocycles. The molecule has 1 aliphatic rings. The molecule has 30 heavy (non-hydrogen) atoms. The Morgan fingerprint density at radius 3 is 2.60 bits per heavy atom. The molecule has 1 atom stereocenters. The predicted molar refractivity (Wildman–Crippen MR) is 114 cm³/mol. The summed E-state index contributed by atoms with van der Waals surface area (Å²) in [5.41, 5.74) is 3.65. The molecular formula is C24H27FN2O3. The molecule has 2 heterocycles. The lowest BCUT2D eigenvalue weighted by atomic mass is 10.0. The lowest BCUT2D eigenvalue weighted by Gasteiger charge is -2.35. The van der Waals surface area contributed by atoms with Crippen LogP contribution in [0.2, 0.25) is 0 Å². The molecule has 4 rings (SSSR count). The van der Waals surface area contributed by atoms with Gasteiger partial charge in [0.1, 0.15) is 11.4 Å². The van der Waals surface area contributed by atoms with E-state index in [1.165, 1.54) is 23.3 Å². The van der Waals surface area contributed by atoms with Crippen LogP contribution < -0.4 is 5.32 Å². The van der Waals surface area contributed by atoms with Crippen LogP contribution in [-0.2, 0) is 4.74 Å². The van der Waals surface area contributed by atoms with Crippen molar-refractivity contribution < 1.29 is 18.3 Å². The van der Waals surface area contributed by atoms with Crippen LogP contribution in [0.3, 0.4) is 0 Å². The van der Waals surface area contributed by atoms with Gasteiger partial charge in [0, 0.05) is 36.6 Å². The number of nitrogens with one attached hydrogen (secondary N) is 1. The van der Waals surface area contributed by atoms with Crippen molar-refractivity contribution in [2.75, 3.05) is 39.4 Å². The largest absolute Gasteiger partial charge is 0.453 e. The van der Waals surface area contributed by atoms with Crippen LogP contribution in [0.5, 0.6) is 0 Å². The topological polar surface area (TPSA) is 54.7 Å². The molecule has 1 N–H and O–H groups in total. The second-order valence-electron chi connectivity index (χ2n) is 7.83. The van der Waals surface area contributed by atoms with E-state index in [4.69, 9.17) is 9.15 Å². The number of ketones is 1. The van der Waals surface area contributed by atoms with Gasteiger partial charge in [-0.15, -0.1) is 0 Å². The van der Waals surface area contributed by atoms with Gasteiger partial charge < -0.3 is 14.5 Å². The van der Waals surface area contributed by atoms with Gasteiger partial charge in [-0.1, -0.05) is 29.8 Å². The van der Waals surface area contributed by atoms with Crippen molar-refractivity contribution >= 4 is 16.8 Å². The van der Waals surface area contributed by atoms with E-state index in [1.807, 2.05) is 0 Å². The number of ether oxygens (including phenoxy) is 1. The Kier molecular flexibility index (Phi) is 6.27. The number of carbonyl (C=O) groups is 1. The number of benzene rings is 2. The first-order valence-electron chi connectivity index (χ1n) is 10.3. The number of carbonyl (C=O) groups excluding carboxylic acids is 1. The van der Waals surface area contributed by atoms with E-state index in [0.717, 1.165) is 26.3 Å². The summed E-state index contributed by atoms with van der Waals surface area (Å²) in [5.74, 6) is -0.176. The highest BCUT2D eigenvalue weighted by molar-refractivity contribution is 6.01. The number of fused-ring (bicyclic) bond motifs is 1. The SMILES string of the molecule is Cc1ccc(C(CNCC(=O)c2oc3ccc(F)cc3c2C)N2CCOCC2)cc1. The van der Waals surface area contributed by atoms with E-state index >= 15 is 0 Å². The number of Topliss-reactive ketones (excluding diaryl/α,β-unsaturated/α-hetero) is 1. The minimum absolute atomic E-state index is 0.131. The molecule has 1 aromatic heterocycles. The first-order chi connectivity index (χ1) is 14.5. The average Bonchev–Trinajstić information content (AvgIpc) is 3.08. The molecule has 1 aliphatic heterocycles. The summed E-state index contributed by atoms with van der Waals surface area (Å²) in [7, 11) is 0. The van der Waals surface area contributed by atoms with Gasteiger partial charge in [0.15, 0.2) is 5.76 Å². The number of hydrogen-bond donors (Lipinski definition) is 1. The van der Waals surface area contributed by atoms with Crippen molar-refractivity contribution in [2.24, 2.45) is 0 Å². The van der Waals surface area contributed by atoms with E-state index < -0.39 is 0 Å². The highest BCUT2D eigenvalue weighted by Gasteiger charge is 2.23. The smallest absolute Gasteiger partial charge is 0.212 e. The standard InChI is InChI=1S/C24H27FN2O3/c1-16-3-5-18(6-4-16)21(27-9-11-29-12-10-27)14-26-15-22(28)24-17(2)20-13-19(25)7-8-23(20)30-24/h3-8,13,21,26H,9-12,14-15H2,1-2H3. The Labute approximate surface area is 175 Å². The van der Waals surface area contributed by atoms with Crippen molar-refractivity contribution in [3.63, 3.8) is 0 Å². The van der Waals surface area contributed by atoms with Gasteiger partial charge in [-0.05, 0) is 37.6 Å². The Morgan fingerprint density at radius 2 is 1.87 bits per heavy atom. The summed E-state index contributed by atoms with van der Waals surface area (Å²) >= 11 is 0. The van der Waals surface area contributed by atoms with Crippen LogP contribution in [0.1, 0.15) is 33.3 Å². The number of rotatable bonds is 7. The van der Waals surface area contributed by atoms with Crippen molar-refractivity contribution in [3.05, 3.63) is 70.7 Å². The normalized spacial score (nSPS) is 16.1. The first kappa shape index (κ1) is 20.7. The third kappa shape index (κ3) is 4.46. The Bertz CT molecular complexity index is 1020. The van der Waals surface area contributed by atoms with Crippen LogP contribution in [0.4, 0.5) is 4.39 Å². The summed E-state index contributed by atoms with van der Waals surface area (Å²) in [5, 5.41) is 3.95. The van der Waals surface area contributed by atoms with Crippen molar-refractivity contribution in [1.29, 1.82) is 0 Å². The second-order valence-corrected chi connectivity index (χ2v) is 7.83. The van der Waals surface area contributed by atoms with Crippen molar-refractivity contribution in [1.82, 2.24) is 10.2 Å². The minimum Gasteiger partial charge on any atom is -0.453 e. The number of hydrogen-bond acceptors (Lipinski definition) is 5. The monoisotopic (exact) mass is 410 g/mol. The van der Waals surface area contributed by atoms with Gasteiger partial charge in [-0.25, -0.2) is 4.39 Å². The number of furan rings is 1. The maximum absolute atomic E-state index is 13.5. The van der Waals surface area contributed by atoms with Crippen LogP contribution in [0, 0.1) is 19.7 Å². The summed E-state index contributed by atoms with van der Waals surface area (Å²) in [6.07, 6.45) is 0. The Balaban J connectivity index is 1.45. The molecule has 0 bridgehead atoms. The first-order valence-corrected chi connectivity index (χ1v) is 10.3. The number of nitrogens with zero attached hydrogens (tertiary/aromatic N) is 1. The maximum atomic E-state index is 13.5. The fourth-order valence-corrected chi connectivity index (χ4v) is 4.00. The summed E-state index contributed by atoms with van der Waals surface area (Å²) in [6.45, 7) is 7.84. The van der Waals surface area contributed by atoms with Gasteiger partial charge in [0.05, 0.1) is 19.8 Å². The van der Waals surface area contributed by atoms with Gasteiger partial charge in [0.2, 0.25) is 5.78 Å². The highest BCUT2D eigenvalue weighted by atomic mass is 19.1. The molecule has 1 fully saturated rings. The molecule has 0 spiro atoms. The quantitative estimate of drug-likeness (QED) is 0.596. The zero-order valence-electron chi connectivity index (χ0n) is 17.4. The van der Waals surface area contributed by atoms with Crippen LogP contribution in [0.15, 0.2) is 46.9 Å². The van der Waals surface area contributed by atoms with E-state index in [1.54, 1.807) is 13.0 Å². The summed E-state index contributed by atoms with van der Waals surface area (Å²) in [4.78, 5) is 15.2. The molecule has 1 unspecified atom stereocenters. The van der Waals surface area contributed by atoms with Gasteiger partial charge in [0.25, 0.3) is 0 Å². The van der Waals surface area contributed by atoms with E-state index in [9.17, 15) is 9.18 Å². The fraction of sp³-hybridized carbons (Fsp3) is 0.375. The fourth-order valence-electron chi connectivity index (χ4n) is 4.00. The molecule has 5 nitrogen and oxygen atoms in total. The third-order valence-corrected chi connectivity index (χ3v) is 5.72. The third-order valence-electron chi connectivity index (χ3n) is 5.72. The van der Waals surface area contributed by atoms with Crippen LogP contribution >= 0.6 is 0 Å². The predicted octanol–water partition coefficient (Wildman–Crippen LogP) is 4.03. The lowest BCUT2D eigenvalue weighted by Crippen LogP contribution is -2.43. The molecule has 0 saturated carbocycles. The molecule has 6 heteroatoms. The lowest BCUT2D eigenvalue weighted by molar-refractivity contribution is 0.0162. The van der Waals surface area contributed by atoms with Gasteiger partial charge in [-0.2, -0.15) is 0 Å². The number of halogens is 1. The van der Waals surface area contributed by atoms with E-state index in [2.05, 4.69) is 41.4 Å². The number of morpholine rings is 1. The van der Waals surface area contributed by atoms with Crippen LogP contribution in [0.25, 0.3) is 11.0 Å². The molecular weight excluding hydrogens is 383 g/mol. The maximum Gasteiger partial charge on any atom is 0.212 e. The van der Waals surface area contributed by atoms with E-state index in [0.29, 0.717) is 28.8 Å². The molecule has 0 amide bonds. The second kappa shape index (κ2) is 9.08. The highest BCUT2D eigenvalue weighted by Crippen LogP contribution is 2.26. The molecule has 1 saturated heterocycles. The van der Waals surface area contributed by atoms with Gasteiger partial charge >= 0.3 is 0 Å². The molecule has 0 radical (unpaired) electrons. The molecule has 2 aromatic carbocycles. The molecule has 158 valence electrons. The van der Waals surface area contributed by atoms with Crippen LogP contribution in [-0.4, -0.2) is 50.1 Å². The average molecular weight is 410 g/mol.